The van der Waals surface area contributed by atoms with E-state index in [0.717, 1.165) is 57.4 Å². The van der Waals surface area contributed by atoms with Gasteiger partial charge in [-0.25, -0.2) is 4.79 Å². The van der Waals surface area contributed by atoms with Gasteiger partial charge in [-0.2, -0.15) is 0 Å². The van der Waals surface area contributed by atoms with Gasteiger partial charge in [-0.1, -0.05) is 84.6 Å². The molecule has 3 aromatic rings. The maximum absolute atomic E-state index is 12.9. The number of amides is 1. The van der Waals surface area contributed by atoms with E-state index in [1.54, 1.807) is 6.07 Å². The average molecular weight is 603 g/mol. The largest absolute Gasteiger partial charge is 0.478 e. The third kappa shape index (κ3) is 11.0. The van der Waals surface area contributed by atoms with Crippen LogP contribution in [-0.2, 0) is 36.7 Å². The van der Waals surface area contributed by atoms with Crippen LogP contribution in [-0.4, -0.2) is 48.3 Å². The van der Waals surface area contributed by atoms with Crippen LogP contribution in [0.1, 0.15) is 56.6 Å². The van der Waals surface area contributed by atoms with E-state index in [9.17, 15) is 19.5 Å². The Labute approximate surface area is 251 Å². The molecule has 7 nitrogen and oxygen atoms in total. The van der Waals surface area contributed by atoms with Crippen LogP contribution in [0.15, 0.2) is 60.7 Å². The molecule has 0 saturated heterocycles. The third-order valence-corrected chi connectivity index (χ3v) is 7.46. The number of fused-ring (bicyclic) bond motifs is 1. The standard InChI is InChI=1S/C32H37Cl2NO6/c1-22(36)41-30(32(38)39)29(40-19-9-3-5-11-24-15-17-27(33)28(34)21-24)31(37)35-18-8-2-4-10-23-14-16-25-12-6-7-13-26(25)20-23/h6-7,12-17,20-21,29-30H,2-5,8-11,18-19H2,1H3,(H,35,37)(H,38,39). The highest BCUT2D eigenvalue weighted by molar-refractivity contribution is 6.42. The number of hydrogen-bond acceptors (Lipinski definition) is 5. The second-order valence-electron chi connectivity index (χ2n) is 10.0. The van der Waals surface area contributed by atoms with Crippen molar-refractivity contribution in [3.8, 4) is 0 Å². The Bertz CT molecular complexity index is 1310. The van der Waals surface area contributed by atoms with Crippen molar-refractivity contribution in [1.29, 1.82) is 0 Å². The minimum Gasteiger partial charge on any atom is -0.478 e. The van der Waals surface area contributed by atoms with Crippen molar-refractivity contribution in [2.75, 3.05) is 13.2 Å². The van der Waals surface area contributed by atoms with E-state index < -0.39 is 30.1 Å². The summed E-state index contributed by atoms with van der Waals surface area (Å²) in [5.41, 5.74) is 2.33. The molecule has 0 radical (unpaired) electrons. The molecule has 0 spiro atoms. The van der Waals surface area contributed by atoms with Crippen LogP contribution in [0.5, 0.6) is 0 Å². The molecule has 2 N–H and O–H groups in total. The molecule has 0 bridgehead atoms. The number of ether oxygens (including phenoxy) is 2. The van der Waals surface area contributed by atoms with Crippen LogP contribution in [0, 0.1) is 0 Å². The van der Waals surface area contributed by atoms with Crippen molar-refractivity contribution in [2.45, 2.75) is 70.5 Å². The van der Waals surface area contributed by atoms with E-state index in [-0.39, 0.29) is 6.61 Å². The second kappa shape index (κ2) is 17.0. The molecule has 0 heterocycles. The number of nitrogens with one attached hydrogen (secondary N) is 1. The number of carbonyl (C=O) groups excluding carboxylic acids is 2. The minimum absolute atomic E-state index is 0.149. The van der Waals surface area contributed by atoms with Crippen LogP contribution in [0.3, 0.4) is 0 Å². The van der Waals surface area contributed by atoms with Gasteiger partial charge in [0, 0.05) is 20.1 Å². The number of esters is 1. The van der Waals surface area contributed by atoms with Crippen LogP contribution >= 0.6 is 23.2 Å². The van der Waals surface area contributed by atoms with Crippen LogP contribution in [0.25, 0.3) is 10.8 Å². The van der Waals surface area contributed by atoms with E-state index in [1.807, 2.05) is 24.3 Å². The fraction of sp³-hybridized carbons (Fsp3) is 0.406. The highest BCUT2D eigenvalue weighted by atomic mass is 35.5. The number of carboxylic acid groups (broad SMARTS) is 1. The van der Waals surface area contributed by atoms with Gasteiger partial charge in [0.25, 0.3) is 5.91 Å². The smallest absolute Gasteiger partial charge is 0.348 e. The van der Waals surface area contributed by atoms with Crippen LogP contribution in [0.4, 0.5) is 0 Å². The Morgan fingerprint density at radius 3 is 2.12 bits per heavy atom. The van der Waals surface area contributed by atoms with E-state index in [0.29, 0.717) is 23.0 Å². The van der Waals surface area contributed by atoms with E-state index in [4.69, 9.17) is 32.7 Å². The maximum atomic E-state index is 12.9. The lowest BCUT2D eigenvalue weighted by Gasteiger charge is -2.23. The molecule has 3 rings (SSSR count). The number of aryl methyl sites for hydroxylation is 2. The molecule has 220 valence electrons. The van der Waals surface area contributed by atoms with Crippen molar-refractivity contribution in [3.05, 3.63) is 81.8 Å². The Balaban J connectivity index is 1.42. The molecule has 0 aliphatic rings. The van der Waals surface area contributed by atoms with Gasteiger partial charge in [-0.15, -0.1) is 0 Å². The average Bonchev–Trinajstić information content (AvgIpc) is 2.95. The molecular formula is C32H37Cl2NO6. The van der Waals surface area contributed by atoms with E-state index in [1.165, 1.54) is 16.3 Å². The summed E-state index contributed by atoms with van der Waals surface area (Å²) in [5, 5.41) is 15.8. The number of carboxylic acids is 1. The molecule has 3 aromatic carbocycles. The number of aliphatic carboxylic acids is 1. The molecule has 2 atom stereocenters. The summed E-state index contributed by atoms with van der Waals surface area (Å²) in [6.45, 7) is 1.62. The number of rotatable bonds is 17. The molecular weight excluding hydrogens is 565 g/mol. The van der Waals surface area contributed by atoms with Gasteiger partial charge in [0.05, 0.1) is 10.0 Å². The summed E-state index contributed by atoms with van der Waals surface area (Å²) in [7, 11) is 0. The summed E-state index contributed by atoms with van der Waals surface area (Å²) in [5.74, 6) is -2.84. The van der Waals surface area contributed by atoms with Crippen LogP contribution in [0.2, 0.25) is 10.0 Å². The molecule has 0 saturated carbocycles. The maximum Gasteiger partial charge on any atom is 0.348 e. The molecule has 0 aromatic heterocycles. The summed E-state index contributed by atoms with van der Waals surface area (Å²) >= 11 is 12.0. The lowest BCUT2D eigenvalue weighted by molar-refractivity contribution is -0.176. The van der Waals surface area contributed by atoms with E-state index >= 15 is 0 Å². The molecule has 1 amide bonds. The quantitative estimate of drug-likeness (QED) is 0.130. The molecule has 0 fully saturated rings. The van der Waals surface area contributed by atoms with Gasteiger partial charge in [0.2, 0.25) is 6.10 Å². The Morgan fingerprint density at radius 2 is 1.44 bits per heavy atom. The lowest BCUT2D eigenvalue weighted by atomic mass is 10.0. The summed E-state index contributed by atoms with van der Waals surface area (Å²) in [6, 6.07) is 20.2. The highest BCUT2D eigenvalue weighted by Gasteiger charge is 2.37. The fourth-order valence-corrected chi connectivity index (χ4v) is 4.89. The molecule has 2 unspecified atom stereocenters. The summed E-state index contributed by atoms with van der Waals surface area (Å²) in [4.78, 5) is 36.2. The van der Waals surface area contributed by atoms with Crippen molar-refractivity contribution in [2.24, 2.45) is 0 Å². The predicted octanol–water partition coefficient (Wildman–Crippen LogP) is 6.79. The van der Waals surface area contributed by atoms with Crippen molar-refractivity contribution in [1.82, 2.24) is 5.32 Å². The first kappa shape index (κ1) is 32.4. The van der Waals surface area contributed by atoms with Gasteiger partial charge in [-0.05, 0) is 72.6 Å². The number of halogens is 2. The number of benzene rings is 3. The normalized spacial score (nSPS) is 12.6. The monoisotopic (exact) mass is 601 g/mol. The van der Waals surface area contributed by atoms with Gasteiger partial charge in [0.15, 0.2) is 6.10 Å². The molecule has 41 heavy (non-hydrogen) atoms. The fourth-order valence-electron chi connectivity index (χ4n) is 4.57. The third-order valence-electron chi connectivity index (χ3n) is 6.72. The second-order valence-corrected chi connectivity index (χ2v) is 10.8. The Hall–Kier alpha value is -3.13. The van der Waals surface area contributed by atoms with E-state index in [2.05, 4.69) is 35.6 Å². The zero-order valence-corrected chi connectivity index (χ0v) is 24.8. The molecule has 9 heteroatoms. The lowest BCUT2D eigenvalue weighted by Crippen LogP contribution is -2.49. The van der Waals surface area contributed by atoms with Crippen molar-refractivity contribution in [3.63, 3.8) is 0 Å². The number of unbranched alkanes of at least 4 members (excludes halogenated alkanes) is 4. The predicted molar refractivity (Wildman–Crippen MR) is 161 cm³/mol. The number of carbonyl (C=O) groups is 3. The first-order valence-electron chi connectivity index (χ1n) is 14.0. The Morgan fingerprint density at radius 1 is 0.780 bits per heavy atom. The molecule has 0 aliphatic heterocycles. The van der Waals surface area contributed by atoms with Gasteiger partial charge in [-0.3, -0.25) is 9.59 Å². The molecule has 0 aliphatic carbocycles. The van der Waals surface area contributed by atoms with Crippen LogP contribution < -0.4 is 5.32 Å². The van der Waals surface area contributed by atoms with Crippen molar-refractivity contribution < 1.29 is 29.0 Å². The SMILES string of the molecule is CC(=O)OC(C(=O)O)C(OCCCCCc1ccc(Cl)c(Cl)c1)C(=O)NCCCCCc1ccc2ccccc2c1. The van der Waals surface area contributed by atoms with Gasteiger partial charge >= 0.3 is 11.9 Å². The zero-order chi connectivity index (χ0) is 29.6. The Kier molecular flexibility index (Phi) is 13.4. The topological polar surface area (TPSA) is 102 Å². The van der Waals surface area contributed by atoms with Gasteiger partial charge < -0.3 is 19.9 Å². The number of hydrogen-bond donors (Lipinski definition) is 2. The first-order valence-corrected chi connectivity index (χ1v) is 14.7. The van der Waals surface area contributed by atoms with Crippen molar-refractivity contribution >= 4 is 51.8 Å². The first-order chi connectivity index (χ1) is 19.7. The summed E-state index contributed by atoms with van der Waals surface area (Å²) in [6.07, 6.45) is 3.39. The van der Waals surface area contributed by atoms with Gasteiger partial charge in [0.1, 0.15) is 0 Å². The summed E-state index contributed by atoms with van der Waals surface area (Å²) < 4.78 is 10.6. The highest BCUT2D eigenvalue weighted by Crippen LogP contribution is 2.23. The minimum atomic E-state index is -1.73. The zero-order valence-electron chi connectivity index (χ0n) is 23.2.